The van der Waals surface area contributed by atoms with Gasteiger partial charge in [0.2, 0.25) is 11.8 Å². The predicted octanol–water partition coefficient (Wildman–Crippen LogP) is 5.13. The summed E-state index contributed by atoms with van der Waals surface area (Å²) < 4.78 is 0.941. The number of hydrogen-bond donors (Lipinski definition) is 1. The Morgan fingerprint density at radius 2 is 1.48 bits per heavy atom. The Balaban J connectivity index is 1.91. The number of rotatable bonds is 8. The van der Waals surface area contributed by atoms with Gasteiger partial charge in [0, 0.05) is 30.4 Å². The average molecular weight is 479 g/mol. The van der Waals surface area contributed by atoms with E-state index in [4.69, 9.17) is 0 Å². The maximum Gasteiger partial charge on any atom is 0.242 e. The minimum Gasteiger partial charge on any atom is -0.357 e. The Morgan fingerprint density at radius 3 is 2.00 bits per heavy atom. The summed E-state index contributed by atoms with van der Waals surface area (Å²) in [5, 5.41) is 2.67. The van der Waals surface area contributed by atoms with Gasteiger partial charge in [0.1, 0.15) is 6.04 Å². The van der Waals surface area contributed by atoms with E-state index in [1.807, 2.05) is 84.9 Å². The zero-order chi connectivity index (χ0) is 22.2. The monoisotopic (exact) mass is 478 g/mol. The Hall–Kier alpha value is -2.92. The molecule has 0 radical (unpaired) electrons. The first-order valence-corrected chi connectivity index (χ1v) is 11.1. The van der Waals surface area contributed by atoms with Crippen molar-refractivity contribution < 1.29 is 9.59 Å². The van der Waals surface area contributed by atoms with Crippen molar-refractivity contribution >= 4 is 27.7 Å². The van der Waals surface area contributed by atoms with Gasteiger partial charge in [0.15, 0.2) is 0 Å². The third-order valence-electron chi connectivity index (χ3n) is 5.44. The molecule has 3 rings (SSSR count). The summed E-state index contributed by atoms with van der Waals surface area (Å²) in [5.41, 5.74) is 3.13. The molecule has 0 aliphatic carbocycles. The van der Waals surface area contributed by atoms with Crippen molar-refractivity contribution in [1.82, 2.24) is 10.2 Å². The molecule has 0 unspecified atom stereocenters. The molecular weight excluding hydrogens is 452 g/mol. The van der Waals surface area contributed by atoms with Crippen LogP contribution in [-0.4, -0.2) is 29.8 Å². The highest BCUT2D eigenvalue weighted by atomic mass is 79.9. The molecule has 0 bridgehead atoms. The molecule has 0 saturated carbocycles. The second kappa shape index (κ2) is 10.9. The van der Waals surface area contributed by atoms with E-state index in [0.717, 1.165) is 21.2 Å². The van der Waals surface area contributed by atoms with Crippen LogP contribution in [0.5, 0.6) is 0 Å². The maximum absolute atomic E-state index is 13.6. The molecule has 4 nitrogen and oxygen atoms in total. The summed E-state index contributed by atoms with van der Waals surface area (Å²) in [7, 11) is 1.59. The van der Waals surface area contributed by atoms with Crippen LogP contribution in [0.4, 0.5) is 0 Å². The molecular formula is C26H27BrN2O2. The van der Waals surface area contributed by atoms with Gasteiger partial charge in [-0.3, -0.25) is 9.59 Å². The molecule has 5 heteroatoms. The van der Waals surface area contributed by atoms with Crippen molar-refractivity contribution in [2.24, 2.45) is 0 Å². The summed E-state index contributed by atoms with van der Waals surface area (Å²) in [6, 6.07) is 27.3. The van der Waals surface area contributed by atoms with E-state index in [1.165, 1.54) is 0 Å². The molecule has 0 saturated heterocycles. The van der Waals surface area contributed by atoms with E-state index >= 15 is 0 Å². The van der Waals surface area contributed by atoms with Gasteiger partial charge in [-0.25, -0.2) is 0 Å². The first kappa shape index (κ1) is 22.8. The highest BCUT2D eigenvalue weighted by molar-refractivity contribution is 9.10. The van der Waals surface area contributed by atoms with Crippen molar-refractivity contribution in [3.05, 3.63) is 106 Å². The minimum atomic E-state index is -0.580. The SMILES string of the molecule is CNC(=O)[C@H](C)N(Cc1cccc(Br)c1)C(=O)CC(c1ccccc1)c1ccccc1. The summed E-state index contributed by atoms with van der Waals surface area (Å²) >= 11 is 3.49. The van der Waals surface area contributed by atoms with E-state index in [-0.39, 0.29) is 24.2 Å². The zero-order valence-electron chi connectivity index (χ0n) is 17.8. The molecule has 0 heterocycles. The number of amides is 2. The van der Waals surface area contributed by atoms with Gasteiger partial charge in [-0.15, -0.1) is 0 Å². The van der Waals surface area contributed by atoms with Crippen molar-refractivity contribution in [3.8, 4) is 0 Å². The van der Waals surface area contributed by atoms with Gasteiger partial charge in [0.05, 0.1) is 0 Å². The Bertz CT molecular complexity index is 969. The topological polar surface area (TPSA) is 49.4 Å². The van der Waals surface area contributed by atoms with E-state index in [2.05, 4.69) is 21.2 Å². The van der Waals surface area contributed by atoms with Crippen LogP contribution in [0.15, 0.2) is 89.4 Å². The number of carbonyl (C=O) groups is 2. The van der Waals surface area contributed by atoms with Crippen LogP contribution in [0.3, 0.4) is 0 Å². The third-order valence-corrected chi connectivity index (χ3v) is 5.93. The van der Waals surface area contributed by atoms with Gasteiger partial charge >= 0.3 is 0 Å². The van der Waals surface area contributed by atoms with Gasteiger partial charge in [-0.2, -0.15) is 0 Å². The number of likely N-dealkylation sites (N-methyl/N-ethyl adjacent to an activating group) is 1. The molecule has 31 heavy (non-hydrogen) atoms. The lowest BCUT2D eigenvalue weighted by molar-refractivity contribution is -0.140. The smallest absolute Gasteiger partial charge is 0.242 e. The van der Waals surface area contributed by atoms with Crippen molar-refractivity contribution in [2.75, 3.05) is 7.05 Å². The molecule has 1 N–H and O–H groups in total. The number of carbonyl (C=O) groups excluding carboxylic acids is 2. The summed E-state index contributed by atoms with van der Waals surface area (Å²) in [6.45, 7) is 2.14. The largest absolute Gasteiger partial charge is 0.357 e. The van der Waals surface area contributed by atoms with E-state index < -0.39 is 6.04 Å². The van der Waals surface area contributed by atoms with Crippen LogP contribution >= 0.6 is 15.9 Å². The molecule has 0 fully saturated rings. The van der Waals surface area contributed by atoms with Gasteiger partial charge < -0.3 is 10.2 Å². The van der Waals surface area contributed by atoms with Crippen molar-refractivity contribution in [2.45, 2.75) is 31.8 Å². The molecule has 0 aliphatic heterocycles. The molecule has 2 amide bonds. The summed E-state index contributed by atoms with van der Waals surface area (Å²) in [6.07, 6.45) is 0.281. The molecule has 1 atom stereocenters. The number of hydrogen-bond acceptors (Lipinski definition) is 2. The van der Waals surface area contributed by atoms with Crippen molar-refractivity contribution in [3.63, 3.8) is 0 Å². The standard InChI is InChI=1S/C26H27BrN2O2/c1-19(26(31)28-2)29(18-20-10-9-15-23(27)16-20)25(30)17-24(21-11-5-3-6-12-21)22-13-7-4-8-14-22/h3-16,19,24H,17-18H2,1-2H3,(H,28,31)/t19-/m0/s1. The highest BCUT2D eigenvalue weighted by Gasteiger charge is 2.28. The molecule has 3 aromatic carbocycles. The summed E-state index contributed by atoms with van der Waals surface area (Å²) in [5.74, 6) is -0.329. The van der Waals surface area contributed by atoms with Crippen molar-refractivity contribution in [1.29, 1.82) is 0 Å². The van der Waals surface area contributed by atoms with E-state index in [0.29, 0.717) is 6.54 Å². The minimum absolute atomic E-state index is 0.0613. The number of halogens is 1. The quantitative estimate of drug-likeness (QED) is 0.487. The van der Waals surface area contributed by atoms with Crippen LogP contribution in [0, 0.1) is 0 Å². The molecule has 0 spiro atoms. The lowest BCUT2D eigenvalue weighted by atomic mass is 9.88. The Labute approximate surface area is 192 Å². The Morgan fingerprint density at radius 1 is 0.903 bits per heavy atom. The van der Waals surface area contributed by atoms with Crippen LogP contribution in [-0.2, 0) is 16.1 Å². The zero-order valence-corrected chi connectivity index (χ0v) is 19.4. The highest BCUT2D eigenvalue weighted by Crippen LogP contribution is 2.29. The molecule has 0 aliphatic rings. The van der Waals surface area contributed by atoms with Gasteiger partial charge in [0.25, 0.3) is 0 Å². The van der Waals surface area contributed by atoms with Gasteiger partial charge in [-0.05, 0) is 35.7 Å². The molecule has 160 valence electrons. The van der Waals surface area contributed by atoms with Crippen LogP contribution < -0.4 is 5.32 Å². The van der Waals surface area contributed by atoms with Gasteiger partial charge in [-0.1, -0.05) is 88.7 Å². The van der Waals surface area contributed by atoms with E-state index in [1.54, 1.807) is 18.9 Å². The first-order valence-electron chi connectivity index (χ1n) is 10.3. The maximum atomic E-state index is 13.6. The summed E-state index contributed by atoms with van der Waals surface area (Å²) in [4.78, 5) is 27.7. The average Bonchev–Trinajstić information content (AvgIpc) is 2.81. The fourth-order valence-corrected chi connectivity index (χ4v) is 4.16. The second-order valence-electron chi connectivity index (χ2n) is 7.52. The van der Waals surface area contributed by atoms with Crippen LogP contribution in [0.1, 0.15) is 36.0 Å². The first-order chi connectivity index (χ1) is 15.0. The fourth-order valence-electron chi connectivity index (χ4n) is 3.71. The Kier molecular flexibility index (Phi) is 8.01. The second-order valence-corrected chi connectivity index (χ2v) is 8.44. The van der Waals surface area contributed by atoms with Crippen LogP contribution in [0.25, 0.3) is 0 Å². The molecule has 3 aromatic rings. The predicted molar refractivity (Wildman–Crippen MR) is 128 cm³/mol. The third kappa shape index (κ3) is 6.05. The lowest BCUT2D eigenvalue weighted by Gasteiger charge is -2.30. The number of nitrogens with zero attached hydrogens (tertiary/aromatic N) is 1. The lowest BCUT2D eigenvalue weighted by Crippen LogP contribution is -2.47. The fraction of sp³-hybridized carbons (Fsp3) is 0.231. The normalized spacial score (nSPS) is 11.7. The van der Waals surface area contributed by atoms with Crippen LogP contribution in [0.2, 0.25) is 0 Å². The number of benzene rings is 3. The number of nitrogens with one attached hydrogen (secondary N) is 1. The van der Waals surface area contributed by atoms with E-state index in [9.17, 15) is 9.59 Å². The molecule has 0 aromatic heterocycles.